The maximum absolute atomic E-state index is 5.77. The van der Waals surface area contributed by atoms with Gasteiger partial charge in [-0.2, -0.15) is 0 Å². The van der Waals surface area contributed by atoms with E-state index in [9.17, 15) is 0 Å². The van der Waals surface area contributed by atoms with Crippen molar-refractivity contribution < 1.29 is 0 Å². The monoisotopic (exact) mass is 293 g/mol. The van der Waals surface area contributed by atoms with Gasteiger partial charge in [-0.25, -0.2) is 9.97 Å². The molecular formula is C14H23N5S. The van der Waals surface area contributed by atoms with Crippen molar-refractivity contribution in [3.63, 3.8) is 0 Å². The molecule has 2 rings (SSSR count). The number of anilines is 1. The Balaban J connectivity index is 1.79. The lowest BCUT2D eigenvalue weighted by Crippen LogP contribution is -2.48. The third-order valence-corrected chi connectivity index (χ3v) is 4.48. The first-order valence-electron chi connectivity index (χ1n) is 7.03. The van der Waals surface area contributed by atoms with Gasteiger partial charge in [0.25, 0.3) is 0 Å². The standard InChI is InChI=1S/C14H23N5S/c1-14(2,12(15)20)4-7-18-8-10-19(11-9-18)13-16-5-3-6-17-13/h3,5-6H,4,7-11H2,1-2H3,(H2,15,20). The van der Waals surface area contributed by atoms with Crippen molar-refractivity contribution in [1.29, 1.82) is 0 Å². The molecule has 1 fully saturated rings. The average Bonchev–Trinajstić information content (AvgIpc) is 2.46. The van der Waals surface area contributed by atoms with Gasteiger partial charge in [0.2, 0.25) is 5.95 Å². The van der Waals surface area contributed by atoms with Crippen LogP contribution in [-0.2, 0) is 0 Å². The smallest absolute Gasteiger partial charge is 0.225 e. The molecule has 1 saturated heterocycles. The molecule has 110 valence electrons. The summed E-state index contributed by atoms with van der Waals surface area (Å²) < 4.78 is 0. The van der Waals surface area contributed by atoms with Crippen LogP contribution in [0.15, 0.2) is 18.5 Å². The molecule has 0 bridgehead atoms. The minimum absolute atomic E-state index is 0.0605. The number of nitrogens with zero attached hydrogens (tertiary/aromatic N) is 4. The summed E-state index contributed by atoms with van der Waals surface area (Å²) in [6.45, 7) is 9.27. The van der Waals surface area contributed by atoms with Gasteiger partial charge in [-0.15, -0.1) is 0 Å². The second kappa shape index (κ2) is 6.45. The number of piperazine rings is 1. The Kier molecular flexibility index (Phi) is 4.88. The van der Waals surface area contributed by atoms with Gasteiger partial charge in [-0.05, 0) is 19.0 Å². The number of rotatable bonds is 5. The summed E-state index contributed by atoms with van der Waals surface area (Å²) >= 11 is 5.12. The van der Waals surface area contributed by atoms with Crippen molar-refractivity contribution in [3.05, 3.63) is 18.5 Å². The quantitative estimate of drug-likeness (QED) is 0.826. The van der Waals surface area contributed by atoms with Crippen molar-refractivity contribution in [1.82, 2.24) is 14.9 Å². The molecular weight excluding hydrogens is 270 g/mol. The number of hydrogen-bond acceptors (Lipinski definition) is 5. The van der Waals surface area contributed by atoms with Crippen LogP contribution < -0.4 is 10.6 Å². The summed E-state index contributed by atoms with van der Waals surface area (Å²) in [5.41, 5.74) is 5.71. The summed E-state index contributed by atoms with van der Waals surface area (Å²) in [5, 5.41) is 0. The van der Waals surface area contributed by atoms with E-state index in [1.165, 1.54) is 0 Å². The molecule has 0 saturated carbocycles. The van der Waals surface area contributed by atoms with Crippen molar-refractivity contribution in [2.24, 2.45) is 11.1 Å². The molecule has 0 radical (unpaired) electrons. The third kappa shape index (κ3) is 3.86. The van der Waals surface area contributed by atoms with Crippen LogP contribution in [0, 0.1) is 5.41 Å². The van der Waals surface area contributed by atoms with E-state index < -0.39 is 0 Å². The van der Waals surface area contributed by atoms with E-state index in [-0.39, 0.29) is 5.41 Å². The Morgan fingerprint density at radius 3 is 2.40 bits per heavy atom. The second-order valence-electron chi connectivity index (χ2n) is 5.88. The highest BCUT2D eigenvalue weighted by atomic mass is 32.1. The Labute approximate surface area is 126 Å². The fraction of sp³-hybridized carbons (Fsp3) is 0.643. The lowest BCUT2D eigenvalue weighted by Gasteiger charge is -2.36. The average molecular weight is 293 g/mol. The largest absolute Gasteiger partial charge is 0.393 e. The van der Waals surface area contributed by atoms with Gasteiger partial charge < -0.3 is 10.6 Å². The SMILES string of the molecule is CC(C)(CCN1CCN(c2ncccn2)CC1)C(N)=S. The van der Waals surface area contributed by atoms with Crippen molar-refractivity contribution in [2.75, 3.05) is 37.6 Å². The third-order valence-electron chi connectivity index (χ3n) is 3.93. The van der Waals surface area contributed by atoms with Crippen LogP contribution in [0.3, 0.4) is 0 Å². The molecule has 0 spiro atoms. The molecule has 6 heteroatoms. The minimum atomic E-state index is -0.0605. The van der Waals surface area contributed by atoms with Gasteiger partial charge in [-0.3, -0.25) is 4.90 Å². The molecule has 0 unspecified atom stereocenters. The van der Waals surface area contributed by atoms with Crippen LogP contribution in [0.1, 0.15) is 20.3 Å². The van der Waals surface area contributed by atoms with E-state index in [4.69, 9.17) is 18.0 Å². The molecule has 5 nitrogen and oxygen atoms in total. The van der Waals surface area contributed by atoms with E-state index >= 15 is 0 Å². The molecule has 20 heavy (non-hydrogen) atoms. The summed E-state index contributed by atoms with van der Waals surface area (Å²) in [7, 11) is 0. The molecule has 1 aromatic heterocycles. The molecule has 1 aliphatic heterocycles. The summed E-state index contributed by atoms with van der Waals surface area (Å²) in [4.78, 5) is 13.9. The first kappa shape index (κ1) is 15.1. The van der Waals surface area contributed by atoms with Gasteiger partial charge >= 0.3 is 0 Å². The first-order chi connectivity index (χ1) is 9.49. The summed E-state index contributed by atoms with van der Waals surface area (Å²) in [5.74, 6) is 0.829. The highest BCUT2D eigenvalue weighted by Gasteiger charge is 2.24. The first-order valence-corrected chi connectivity index (χ1v) is 7.44. The van der Waals surface area contributed by atoms with Gasteiger partial charge in [0.1, 0.15) is 0 Å². The predicted molar refractivity (Wildman–Crippen MR) is 85.9 cm³/mol. The van der Waals surface area contributed by atoms with Crippen molar-refractivity contribution in [2.45, 2.75) is 20.3 Å². The molecule has 0 aliphatic carbocycles. The molecule has 1 aliphatic rings. The summed E-state index contributed by atoms with van der Waals surface area (Å²) in [6.07, 6.45) is 4.59. The van der Waals surface area contributed by atoms with Crippen LogP contribution in [0.25, 0.3) is 0 Å². The van der Waals surface area contributed by atoms with Gasteiger partial charge in [0, 0.05) is 44.0 Å². The van der Waals surface area contributed by atoms with Crippen LogP contribution >= 0.6 is 12.2 Å². The predicted octanol–water partition coefficient (Wildman–Crippen LogP) is 1.30. The van der Waals surface area contributed by atoms with Gasteiger partial charge in [-0.1, -0.05) is 26.1 Å². The normalized spacial score (nSPS) is 17.2. The fourth-order valence-corrected chi connectivity index (χ4v) is 2.29. The maximum atomic E-state index is 5.77. The Bertz CT molecular complexity index is 440. The van der Waals surface area contributed by atoms with Crippen molar-refractivity contribution >= 4 is 23.2 Å². The van der Waals surface area contributed by atoms with E-state index in [1.54, 1.807) is 12.4 Å². The lowest BCUT2D eigenvalue weighted by atomic mass is 9.89. The zero-order valence-corrected chi connectivity index (χ0v) is 13.1. The molecule has 0 atom stereocenters. The van der Waals surface area contributed by atoms with Crippen molar-refractivity contribution in [3.8, 4) is 0 Å². The Hall–Kier alpha value is -1.27. The van der Waals surface area contributed by atoms with Crippen LogP contribution in [0.5, 0.6) is 0 Å². The van der Waals surface area contributed by atoms with Gasteiger partial charge in [0.15, 0.2) is 0 Å². The number of thiocarbonyl (C=S) groups is 1. The lowest BCUT2D eigenvalue weighted by molar-refractivity contribution is 0.232. The summed E-state index contributed by atoms with van der Waals surface area (Å²) in [6, 6.07) is 1.84. The zero-order valence-electron chi connectivity index (χ0n) is 12.2. The van der Waals surface area contributed by atoms with E-state index in [2.05, 4.69) is 33.6 Å². The zero-order chi connectivity index (χ0) is 14.6. The topological polar surface area (TPSA) is 58.3 Å². The Morgan fingerprint density at radius 2 is 1.85 bits per heavy atom. The Morgan fingerprint density at radius 1 is 1.25 bits per heavy atom. The molecule has 2 N–H and O–H groups in total. The van der Waals surface area contributed by atoms with Crippen LogP contribution in [0.2, 0.25) is 0 Å². The molecule has 0 aromatic carbocycles. The van der Waals surface area contributed by atoms with Crippen LogP contribution in [0.4, 0.5) is 5.95 Å². The van der Waals surface area contributed by atoms with E-state index in [1.807, 2.05) is 6.07 Å². The van der Waals surface area contributed by atoms with Gasteiger partial charge in [0.05, 0.1) is 4.99 Å². The highest BCUT2D eigenvalue weighted by Crippen LogP contribution is 2.21. The molecule has 2 heterocycles. The molecule has 0 amide bonds. The van der Waals surface area contributed by atoms with E-state index in [0.717, 1.165) is 45.1 Å². The second-order valence-corrected chi connectivity index (χ2v) is 6.32. The minimum Gasteiger partial charge on any atom is -0.393 e. The number of aromatic nitrogens is 2. The molecule has 1 aromatic rings. The number of hydrogen-bond donors (Lipinski definition) is 1. The maximum Gasteiger partial charge on any atom is 0.225 e. The fourth-order valence-electron chi connectivity index (χ4n) is 2.19. The number of nitrogens with two attached hydrogens (primary N) is 1. The van der Waals surface area contributed by atoms with E-state index in [0.29, 0.717) is 4.99 Å². The highest BCUT2D eigenvalue weighted by molar-refractivity contribution is 7.80. The van der Waals surface area contributed by atoms with Crippen LogP contribution in [-0.4, -0.2) is 52.6 Å².